The summed E-state index contributed by atoms with van der Waals surface area (Å²) in [5.74, 6) is 0.644. The van der Waals surface area contributed by atoms with Crippen molar-refractivity contribution in [1.29, 1.82) is 0 Å². The van der Waals surface area contributed by atoms with E-state index in [-0.39, 0.29) is 12.0 Å². The van der Waals surface area contributed by atoms with Crippen molar-refractivity contribution in [2.24, 2.45) is 0 Å². The molecule has 5 nitrogen and oxygen atoms in total. The number of aromatic nitrogens is 1. The molecule has 0 saturated carbocycles. The van der Waals surface area contributed by atoms with E-state index in [0.717, 1.165) is 18.4 Å². The first-order valence-electron chi connectivity index (χ1n) is 8.37. The maximum absolute atomic E-state index is 12.9. The molecule has 2 atom stereocenters. The van der Waals surface area contributed by atoms with Gasteiger partial charge in [0.05, 0.1) is 13.2 Å². The van der Waals surface area contributed by atoms with Gasteiger partial charge in [-0.3, -0.25) is 4.79 Å². The smallest absolute Gasteiger partial charge is 0.256 e. The summed E-state index contributed by atoms with van der Waals surface area (Å²) in [6.45, 7) is 1.87. The fourth-order valence-corrected chi connectivity index (χ4v) is 3.38. The summed E-state index contributed by atoms with van der Waals surface area (Å²) in [6, 6.07) is 13.6. The van der Waals surface area contributed by atoms with Crippen molar-refractivity contribution in [2.45, 2.75) is 25.0 Å². The van der Waals surface area contributed by atoms with Gasteiger partial charge in [0, 0.05) is 25.2 Å². The van der Waals surface area contributed by atoms with Crippen molar-refractivity contribution in [3.63, 3.8) is 0 Å². The van der Waals surface area contributed by atoms with Gasteiger partial charge >= 0.3 is 0 Å². The molecule has 1 fully saturated rings. The first-order valence-corrected chi connectivity index (χ1v) is 8.37. The molecule has 1 aromatic heterocycles. The summed E-state index contributed by atoms with van der Waals surface area (Å²) in [4.78, 5) is 18.9. The number of pyridine rings is 1. The fourth-order valence-electron chi connectivity index (χ4n) is 3.38. The molecular formula is C19H20N2O3. The highest BCUT2D eigenvalue weighted by molar-refractivity contribution is 5.83. The van der Waals surface area contributed by atoms with Crippen molar-refractivity contribution in [1.82, 2.24) is 9.88 Å². The van der Waals surface area contributed by atoms with Gasteiger partial charge in [-0.2, -0.15) is 0 Å². The third-order valence-electron chi connectivity index (χ3n) is 4.60. The van der Waals surface area contributed by atoms with Crippen LogP contribution in [0.2, 0.25) is 0 Å². The normalized spacial score (nSPS) is 22.9. The maximum atomic E-state index is 12.9. The maximum Gasteiger partial charge on any atom is 0.256 e. The standard InChI is InChI=1S/C19H20N2O3/c22-19(18-16-6-2-1-5-14(16)9-12-23-18)21-11-8-15(13-21)24-17-7-3-4-10-20-17/h1-7,10,15,18H,8-9,11-13H2. The SMILES string of the molecule is O=C(C1OCCc2ccccc21)N1CCC(Oc2ccccn2)C1. The number of amides is 1. The number of ether oxygens (including phenoxy) is 2. The Hall–Kier alpha value is -2.40. The van der Waals surface area contributed by atoms with Crippen LogP contribution in [0.4, 0.5) is 0 Å². The van der Waals surface area contributed by atoms with E-state index in [1.165, 1.54) is 5.56 Å². The molecular weight excluding hydrogens is 304 g/mol. The lowest BCUT2D eigenvalue weighted by Crippen LogP contribution is -2.37. The quantitative estimate of drug-likeness (QED) is 0.870. The van der Waals surface area contributed by atoms with E-state index in [1.807, 2.05) is 41.3 Å². The lowest BCUT2D eigenvalue weighted by molar-refractivity contribution is -0.144. The van der Waals surface area contributed by atoms with E-state index in [1.54, 1.807) is 6.20 Å². The highest BCUT2D eigenvalue weighted by Gasteiger charge is 2.35. The second-order valence-corrected chi connectivity index (χ2v) is 6.18. The van der Waals surface area contributed by atoms with Crippen LogP contribution in [0, 0.1) is 0 Å². The van der Waals surface area contributed by atoms with Crippen LogP contribution in [-0.4, -0.2) is 41.6 Å². The average Bonchev–Trinajstić information content (AvgIpc) is 3.10. The molecule has 5 heteroatoms. The number of carbonyl (C=O) groups excluding carboxylic acids is 1. The van der Waals surface area contributed by atoms with Gasteiger partial charge < -0.3 is 14.4 Å². The van der Waals surface area contributed by atoms with Gasteiger partial charge in [-0.15, -0.1) is 0 Å². The number of benzene rings is 1. The van der Waals surface area contributed by atoms with Gasteiger partial charge in [0.15, 0.2) is 6.10 Å². The molecule has 3 heterocycles. The second kappa shape index (κ2) is 6.61. The molecule has 0 spiro atoms. The Balaban J connectivity index is 1.43. The van der Waals surface area contributed by atoms with E-state index >= 15 is 0 Å². The van der Waals surface area contributed by atoms with Crippen LogP contribution in [-0.2, 0) is 16.0 Å². The summed E-state index contributed by atoms with van der Waals surface area (Å²) >= 11 is 0. The predicted molar refractivity (Wildman–Crippen MR) is 88.7 cm³/mol. The Labute approximate surface area is 141 Å². The Morgan fingerprint density at radius 1 is 1.21 bits per heavy atom. The summed E-state index contributed by atoms with van der Waals surface area (Å²) < 4.78 is 11.7. The van der Waals surface area contributed by atoms with E-state index in [4.69, 9.17) is 9.47 Å². The molecule has 2 aromatic rings. The average molecular weight is 324 g/mol. The Kier molecular flexibility index (Phi) is 4.17. The number of rotatable bonds is 3. The summed E-state index contributed by atoms with van der Waals surface area (Å²) in [5.41, 5.74) is 2.21. The zero-order chi connectivity index (χ0) is 16.4. The van der Waals surface area contributed by atoms with Crippen LogP contribution < -0.4 is 4.74 Å². The van der Waals surface area contributed by atoms with Gasteiger partial charge in [-0.05, 0) is 23.6 Å². The number of nitrogens with zero attached hydrogens (tertiary/aromatic N) is 2. The molecule has 0 radical (unpaired) electrons. The van der Waals surface area contributed by atoms with Crippen LogP contribution in [0.5, 0.6) is 5.88 Å². The van der Waals surface area contributed by atoms with Crippen LogP contribution in [0.1, 0.15) is 23.7 Å². The molecule has 1 amide bonds. The van der Waals surface area contributed by atoms with Crippen molar-refractivity contribution < 1.29 is 14.3 Å². The number of fused-ring (bicyclic) bond motifs is 1. The first kappa shape index (κ1) is 15.1. The molecule has 2 aliphatic rings. The van der Waals surface area contributed by atoms with Crippen molar-refractivity contribution in [3.05, 3.63) is 59.8 Å². The molecule has 24 heavy (non-hydrogen) atoms. The molecule has 2 unspecified atom stereocenters. The zero-order valence-corrected chi connectivity index (χ0v) is 13.4. The Morgan fingerprint density at radius 2 is 2.08 bits per heavy atom. The number of likely N-dealkylation sites (tertiary alicyclic amines) is 1. The van der Waals surface area contributed by atoms with Gasteiger partial charge in [-0.1, -0.05) is 30.3 Å². The van der Waals surface area contributed by atoms with Crippen LogP contribution >= 0.6 is 0 Å². The summed E-state index contributed by atoms with van der Waals surface area (Å²) in [5, 5.41) is 0. The van der Waals surface area contributed by atoms with Gasteiger partial charge in [0.1, 0.15) is 6.10 Å². The topological polar surface area (TPSA) is 51.7 Å². The Morgan fingerprint density at radius 3 is 2.96 bits per heavy atom. The molecule has 0 bridgehead atoms. The van der Waals surface area contributed by atoms with Gasteiger partial charge in [-0.25, -0.2) is 4.98 Å². The first-order chi connectivity index (χ1) is 11.8. The van der Waals surface area contributed by atoms with E-state index < -0.39 is 6.10 Å². The molecule has 2 aliphatic heterocycles. The number of hydrogen-bond donors (Lipinski definition) is 0. The third-order valence-corrected chi connectivity index (χ3v) is 4.60. The summed E-state index contributed by atoms with van der Waals surface area (Å²) in [6.07, 6.45) is 2.90. The molecule has 124 valence electrons. The molecule has 1 aromatic carbocycles. The predicted octanol–water partition coefficient (Wildman–Crippen LogP) is 2.38. The largest absolute Gasteiger partial charge is 0.472 e. The minimum atomic E-state index is -0.483. The van der Waals surface area contributed by atoms with Crippen molar-refractivity contribution in [2.75, 3.05) is 19.7 Å². The fraction of sp³-hybridized carbons (Fsp3) is 0.368. The van der Waals surface area contributed by atoms with E-state index in [0.29, 0.717) is 25.6 Å². The van der Waals surface area contributed by atoms with E-state index in [2.05, 4.69) is 11.1 Å². The highest BCUT2D eigenvalue weighted by Crippen LogP contribution is 2.30. The summed E-state index contributed by atoms with van der Waals surface area (Å²) in [7, 11) is 0. The minimum absolute atomic E-state index is 0.0114. The van der Waals surface area contributed by atoms with E-state index in [9.17, 15) is 4.79 Å². The molecule has 0 aliphatic carbocycles. The van der Waals surface area contributed by atoms with Crippen LogP contribution in [0.3, 0.4) is 0 Å². The lowest BCUT2D eigenvalue weighted by atomic mass is 9.97. The molecule has 0 N–H and O–H groups in total. The van der Waals surface area contributed by atoms with Crippen LogP contribution in [0.25, 0.3) is 0 Å². The number of carbonyl (C=O) groups is 1. The van der Waals surface area contributed by atoms with Crippen LogP contribution in [0.15, 0.2) is 48.7 Å². The van der Waals surface area contributed by atoms with Crippen molar-refractivity contribution >= 4 is 5.91 Å². The zero-order valence-electron chi connectivity index (χ0n) is 13.4. The highest BCUT2D eigenvalue weighted by atomic mass is 16.5. The molecule has 1 saturated heterocycles. The van der Waals surface area contributed by atoms with Crippen molar-refractivity contribution in [3.8, 4) is 5.88 Å². The third kappa shape index (κ3) is 2.99. The minimum Gasteiger partial charge on any atom is -0.472 e. The lowest BCUT2D eigenvalue weighted by Gasteiger charge is -2.28. The Bertz CT molecular complexity index is 720. The molecule has 4 rings (SSSR count). The van der Waals surface area contributed by atoms with Gasteiger partial charge in [0.2, 0.25) is 5.88 Å². The monoisotopic (exact) mass is 324 g/mol. The second-order valence-electron chi connectivity index (χ2n) is 6.18. The number of hydrogen-bond acceptors (Lipinski definition) is 4. The van der Waals surface area contributed by atoms with Gasteiger partial charge in [0.25, 0.3) is 5.91 Å².